The molecule has 3 nitrogen and oxygen atoms in total. The van der Waals surface area contributed by atoms with Crippen LogP contribution in [0.3, 0.4) is 0 Å². The van der Waals surface area contributed by atoms with Gasteiger partial charge in [-0.1, -0.05) is 12.1 Å². The predicted molar refractivity (Wildman–Crippen MR) is 39.4 cm³/mol. The van der Waals surface area contributed by atoms with Crippen LogP contribution >= 0.6 is 0 Å². The van der Waals surface area contributed by atoms with Crippen molar-refractivity contribution >= 4 is 17.4 Å². The average Bonchev–Trinajstić information content (AvgIpc) is 2.46. The van der Waals surface area contributed by atoms with Crippen molar-refractivity contribution in [1.82, 2.24) is 4.98 Å². The molecule has 0 unspecified atom stereocenters. The lowest BCUT2D eigenvalue weighted by atomic mass is 10.3. The summed E-state index contributed by atoms with van der Waals surface area (Å²) in [5, 5.41) is 0. The Balaban J connectivity index is 2.78. The van der Waals surface area contributed by atoms with Gasteiger partial charge in [-0.3, -0.25) is 4.79 Å². The Kier molecular flexibility index (Phi) is 1.22. The van der Waals surface area contributed by atoms with Crippen molar-refractivity contribution in [1.29, 1.82) is 0 Å². The largest absolute Gasteiger partial charge is 0.434 e. The molecule has 11 heavy (non-hydrogen) atoms. The molecule has 2 aromatic rings. The fraction of sp³-hybridized carbons (Fsp3) is 0. The van der Waals surface area contributed by atoms with Crippen molar-refractivity contribution in [3.8, 4) is 0 Å². The molecule has 3 heteroatoms. The molecule has 0 aliphatic heterocycles. The van der Waals surface area contributed by atoms with Gasteiger partial charge in [-0.05, 0) is 12.1 Å². The lowest BCUT2D eigenvalue weighted by Gasteiger charge is -1.79. The molecular formula is C8H5NO2. The third-order valence-corrected chi connectivity index (χ3v) is 1.41. The Labute approximate surface area is 62.7 Å². The maximum absolute atomic E-state index is 10.2. The van der Waals surface area contributed by atoms with Gasteiger partial charge in [-0.15, -0.1) is 0 Å². The van der Waals surface area contributed by atoms with Gasteiger partial charge in [-0.25, -0.2) is 4.98 Å². The van der Waals surface area contributed by atoms with E-state index in [4.69, 9.17) is 4.42 Å². The lowest BCUT2D eigenvalue weighted by Crippen LogP contribution is -1.73. The quantitative estimate of drug-likeness (QED) is 0.576. The summed E-state index contributed by atoms with van der Waals surface area (Å²) in [7, 11) is 0. The van der Waals surface area contributed by atoms with Gasteiger partial charge in [0.2, 0.25) is 6.29 Å². The van der Waals surface area contributed by atoms with Crippen LogP contribution in [-0.4, -0.2) is 11.3 Å². The zero-order valence-electron chi connectivity index (χ0n) is 5.65. The number of fused-ring (bicyclic) bond motifs is 1. The molecule has 0 saturated heterocycles. The number of oxazole rings is 1. The number of hydrogen-bond donors (Lipinski definition) is 0. The van der Waals surface area contributed by atoms with Gasteiger partial charge in [-0.2, -0.15) is 0 Å². The van der Waals surface area contributed by atoms with E-state index >= 15 is 0 Å². The molecule has 0 saturated carbocycles. The second-order valence-corrected chi connectivity index (χ2v) is 2.14. The van der Waals surface area contributed by atoms with Crippen LogP contribution in [-0.2, 0) is 0 Å². The molecule has 0 atom stereocenters. The number of rotatable bonds is 1. The van der Waals surface area contributed by atoms with E-state index in [1.165, 1.54) is 0 Å². The first-order valence-corrected chi connectivity index (χ1v) is 3.21. The first-order valence-electron chi connectivity index (χ1n) is 3.21. The highest BCUT2D eigenvalue weighted by atomic mass is 16.4. The number of para-hydroxylation sites is 2. The highest BCUT2D eigenvalue weighted by Gasteiger charge is 2.01. The second kappa shape index (κ2) is 2.20. The molecule has 0 spiro atoms. The summed E-state index contributed by atoms with van der Waals surface area (Å²) in [4.78, 5) is 14.1. The Morgan fingerprint density at radius 2 is 2.18 bits per heavy atom. The van der Waals surface area contributed by atoms with Gasteiger partial charge in [0.05, 0.1) is 0 Å². The standard InChI is InChI=1S/C8H5NO2/c10-5-8-9-6-3-1-2-4-7(6)11-8/h1-5H. The van der Waals surface area contributed by atoms with Gasteiger partial charge in [0.15, 0.2) is 5.58 Å². The minimum Gasteiger partial charge on any atom is -0.434 e. The maximum Gasteiger partial charge on any atom is 0.260 e. The third-order valence-electron chi connectivity index (χ3n) is 1.41. The number of carbonyl (C=O) groups is 1. The Morgan fingerprint density at radius 3 is 2.91 bits per heavy atom. The molecule has 1 aromatic heterocycles. The molecule has 0 aliphatic rings. The second-order valence-electron chi connectivity index (χ2n) is 2.14. The molecule has 0 amide bonds. The third kappa shape index (κ3) is 0.902. The highest BCUT2D eigenvalue weighted by Crippen LogP contribution is 2.12. The molecule has 1 aromatic carbocycles. The van der Waals surface area contributed by atoms with Gasteiger partial charge >= 0.3 is 0 Å². The van der Waals surface area contributed by atoms with E-state index in [2.05, 4.69) is 4.98 Å². The monoisotopic (exact) mass is 147 g/mol. The average molecular weight is 147 g/mol. The molecule has 0 fully saturated rings. The maximum atomic E-state index is 10.2. The molecule has 0 bridgehead atoms. The smallest absolute Gasteiger partial charge is 0.260 e. The minimum absolute atomic E-state index is 0.131. The number of aromatic nitrogens is 1. The molecule has 0 N–H and O–H groups in total. The molecule has 0 aliphatic carbocycles. The van der Waals surface area contributed by atoms with Gasteiger partial charge in [0, 0.05) is 0 Å². The number of benzene rings is 1. The van der Waals surface area contributed by atoms with Gasteiger partial charge in [0.1, 0.15) is 5.52 Å². The molecular weight excluding hydrogens is 142 g/mol. The number of nitrogens with zero attached hydrogens (tertiary/aromatic N) is 1. The van der Waals surface area contributed by atoms with Crippen LogP contribution in [0, 0.1) is 0 Å². The zero-order chi connectivity index (χ0) is 7.68. The minimum atomic E-state index is 0.131. The normalized spacial score (nSPS) is 10.2. The number of aldehydes is 1. The predicted octanol–water partition coefficient (Wildman–Crippen LogP) is 1.64. The Morgan fingerprint density at radius 1 is 1.36 bits per heavy atom. The van der Waals surface area contributed by atoms with Crippen molar-refractivity contribution in [2.45, 2.75) is 0 Å². The van der Waals surface area contributed by atoms with Crippen molar-refractivity contribution < 1.29 is 9.21 Å². The van der Waals surface area contributed by atoms with E-state index in [1.807, 2.05) is 12.1 Å². The van der Waals surface area contributed by atoms with E-state index in [1.54, 1.807) is 12.1 Å². The topological polar surface area (TPSA) is 43.1 Å². The summed E-state index contributed by atoms with van der Waals surface area (Å²) in [6, 6.07) is 7.25. The first kappa shape index (κ1) is 6.09. The lowest BCUT2D eigenvalue weighted by molar-refractivity contribution is 0.109. The first-order chi connectivity index (χ1) is 5.40. The van der Waals surface area contributed by atoms with Crippen LogP contribution in [0.15, 0.2) is 28.7 Å². The fourth-order valence-electron chi connectivity index (χ4n) is 0.940. The van der Waals surface area contributed by atoms with Crippen molar-refractivity contribution in [3.63, 3.8) is 0 Å². The van der Waals surface area contributed by atoms with E-state index in [9.17, 15) is 4.79 Å². The van der Waals surface area contributed by atoms with Crippen LogP contribution in [0.1, 0.15) is 10.7 Å². The van der Waals surface area contributed by atoms with Crippen molar-refractivity contribution in [2.75, 3.05) is 0 Å². The summed E-state index contributed by atoms with van der Waals surface area (Å²) in [5.74, 6) is 0.131. The molecule has 2 rings (SSSR count). The van der Waals surface area contributed by atoms with Crippen LogP contribution in [0.2, 0.25) is 0 Å². The summed E-state index contributed by atoms with van der Waals surface area (Å²) in [6.45, 7) is 0. The van der Waals surface area contributed by atoms with Crippen molar-refractivity contribution in [2.24, 2.45) is 0 Å². The summed E-state index contributed by atoms with van der Waals surface area (Å²) in [6.07, 6.45) is 0.597. The molecule has 1 heterocycles. The summed E-state index contributed by atoms with van der Waals surface area (Å²) < 4.78 is 5.04. The summed E-state index contributed by atoms with van der Waals surface area (Å²) in [5.41, 5.74) is 1.37. The van der Waals surface area contributed by atoms with E-state index < -0.39 is 0 Å². The van der Waals surface area contributed by atoms with Crippen LogP contribution < -0.4 is 0 Å². The van der Waals surface area contributed by atoms with Crippen molar-refractivity contribution in [3.05, 3.63) is 30.2 Å². The molecule has 54 valence electrons. The van der Waals surface area contributed by atoms with Crippen LogP contribution in [0.25, 0.3) is 11.1 Å². The number of carbonyl (C=O) groups excluding carboxylic acids is 1. The SMILES string of the molecule is O=Cc1nc2ccccc2o1. The van der Waals surface area contributed by atoms with Crippen LogP contribution in [0.4, 0.5) is 0 Å². The van der Waals surface area contributed by atoms with E-state index in [0.29, 0.717) is 11.9 Å². The van der Waals surface area contributed by atoms with E-state index in [0.717, 1.165) is 5.52 Å². The molecule has 0 radical (unpaired) electrons. The zero-order valence-corrected chi connectivity index (χ0v) is 5.65. The van der Waals surface area contributed by atoms with E-state index in [-0.39, 0.29) is 5.89 Å². The Hall–Kier alpha value is -1.64. The number of hydrogen-bond acceptors (Lipinski definition) is 3. The van der Waals surface area contributed by atoms with Gasteiger partial charge in [0.25, 0.3) is 5.89 Å². The van der Waals surface area contributed by atoms with Gasteiger partial charge < -0.3 is 4.42 Å². The van der Waals surface area contributed by atoms with Crippen LogP contribution in [0.5, 0.6) is 0 Å². The highest BCUT2D eigenvalue weighted by molar-refractivity contribution is 5.78. The Bertz CT molecular complexity index is 359. The fourth-order valence-corrected chi connectivity index (χ4v) is 0.940. The summed E-state index contributed by atoms with van der Waals surface area (Å²) >= 11 is 0.